The molecule has 0 fully saturated rings. The number of sulfonamides is 1. The van der Waals surface area contributed by atoms with Gasteiger partial charge < -0.3 is 5.11 Å². The summed E-state index contributed by atoms with van der Waals surface area (Å²) in [6, 6.07) is 15.9. The van der Waals surface area contributed by atoms with Gasteiger partial charge in [-0.25, -0.2) is 13.2 Å². The number of rotatable bonds is 4. The molecule has 3 aromatic carbocycles. The number of carbonyl (C=O) groups is 1. The Labute approximate surface area is 147 Å². The molecule has 0 heterocycles. The summed E-state index contributed by atoms with van der Waals surface area (Å²) < 4.78 is 28.7. The fraction of sp³-hybridized carbons (Fsp3) is 0. The molecule has 5 nitrogen and oxygen atoms in total. The molecule has 0 aliphatic carbocycles. The number of carboxylic acid groups (broad SMARTS) is 1. The van der Waals surface area contributed by atoms with Crippen molar-refractivity contribution in [2.45, 2.75) is 4.90 Å². The number of hydrogen-bond acceptors (Lipinski definition) is 3. The lowest BCUT2D eigenvalue weighted by Gasteiger charge is -2.11. The molecular formula is C17H12BrNO4S. The zero-order chi connectivity index (χ0) is 17.3. The molecule has 0 atom stereocenters. The average molecular weight is 406 g/mol. The van der Waals surface area contributed by atoms with E-state index in [1.165, 1.54) is 30.3 Å². The minimum Gasteiger partial charge on any atom is -0.478 e. The highest BCUT2D eigenvalue weighted by atomic mass is 79.9. The molecule has 0 saturated carbocycles. The van der Waals surface area contributed by atoms with Crippen molar-refractivity contribution in [3.05, 3.63) is 70.7 Å². The van der Waals surface area contributed by atoms with Gasteiger partial charge in [0.25, 0.3) is 10.0 Å². The standard InChI is InChI=1S/C17H12BrNO4S/c18-15-9-10-16(14-4-2-1-3-13(14)15)24(22,23)19-12-7-5-11(6-8-12)17(20)21/h1-10,19H,(H,20,21). The summed E-state index contributed by atoms with van der Waals surface area (Å²) in [5.41, 5.74) is 0.388. The molecule has 24 heavy (non-hydrogen) atoms. The van der Waals surface area contributed by atoms with Crippen LogP contribution in [0.1, 0.15) is 10.4 Å². The number of aromatic carboxylic acids is 1. The molecule has 2 N–H and O–H groups in total. The van der Waals surface area contributed by atoms with Gasteiger partial charge in [-0.05, 0) is 41.8 Å². The van der Waals surface area contributed by atoms with Crippen LogP contribution in [-0.4, -0.2) is 19.5 Å². The fourth-order valence-electron chi connectivity index (χ4n) is 2.36. The van der Waals surface area contributed by atoms with Crippen molar-refractivity contribution in [1.82, 2.24) is 0 Å². The number of halogens is 1. The number of fused-ring (bicyclic) bond motifs is 1. The largest absolute Gasteiger partial charge is 0.478 e. The highest BCUT2D eigenvalue weighted by molar-refractivity contribution is 9.10. The van der Waals surface area contributed by atoms with Crippen molar-refractivity contribution < 1.29 is 18.3 Å². The number of anilines is 1. The van der Waals surface area contributed by atoms with Crippen LogP contribution in [0.2, 0.25) is 0 Å². The summed E-state index contributed by atoms with van der Waals surface area (Å²) in [5, 5.41) is 10.3. The summed E-state index contributed by atoms with van der Waals surface area (Å²) in [6.07, 6.45) is 0. The third-order valence-electron chi connectivity index (χ3n) is 3.50. The Balaban J connectivity index is 2.02. The van der Waals surface area contributed by atoms with Crippen molar-refractivity contribution in [3.8, 4) is 0 Å². The van der Waals surface area contributed by atoms with E-state index < -0.39 is 16.0 Å². The first-order chi connectivity index (χ1) is 11.4. The van der Waals surface area contributed by atoms with Crippen molar-refractivity contribution in [1.29, 1.82) is 0 Å². The van der Waals surface area contributed by atoms with E-state index in [1.807, 2.05) is 12.1 Å². The molecule has 0 aliphatic heterocycles. The summed E-state index contributed by atoms with van der Waals surface area (Å²) >= 11 is 3.42. The molecule has 0 amide bonds. The maximum absolute atomic E-state index is 12.7. The van der Waals surface area contributed by atoms with Gasteiger partial charge in [0.1, 0.15) is 0 Å². The monoisotopic (exact) mass is 405 g/mol. The summed E-state index contributed by atoms with van der Waals surface area (Å²) in [4.78, 5) is 11.0. The first-order valence-electron chi connectivity index (χ1n) is 6.92. The highest BCUT2D eigenvalue weighted by Crippen LogP contribution is 2.30. The average Bonchev–Trinajstić information content (AvgIpc) is 2.55. The van der Waals surface area contributed by atoms with Gasteiger partial charge >= 0.3 is 5.97 Å². The molecule has 3 aromatic rings. The van der Waals surface area contributed by atoms with Crippen molar-refractivity contribution >= 4 is 48.4 Å². The van der Waals surface area contributed by atoms with Gasteiger partial charge in [0, 0.05) is 15.5 Å². The Kier molecular flexibility index (Phi) is 4.29. The van der Waals surface area contributed by atoms with Crippen molar-refractivity contribution in [2.24, 2.45) is 0 Å². The Morgan fingerprint density at radius 3 is 2.17 bits per heavy atom. The minimum atomic E-state index is -3.81. The second-order valence-corrected chi connectivity index (χ2v) is 7.58. The molecule has 3 rings (SSSR count). The Hall–Kier alpha value is -2.38. The van der Waals surface area contributed by atoms with Crippen LogP contribution in [0, 0.1) is 0 Å². The Morgan fingerprint density at radius 2 is 1.54 bits per heavy atom. The molecular weight excluding hydrogens is 394 g/mol. The predicted octanol–water partition coefficient (Wildman–Crippen LogP) is 4.10. The second-order valence-electron chi connectivity index (χ2n) is 5.08. The Morgan fingerprint density at radius 1 is 0.917 bits per heavy atom. The van der Waals surface area contributed by atoms with E-state index in [0.717, 1.165) is 9.86 Å². The number of nitrogens with one attached hydrogen (secondary N) is 1. The number of hydrogen-bond donors (Lipinski definition) is 2. The van der Waals surface area contributed by atoms with E-state index >= 15 is 0 Å². The highest BCUT2D eigenvalue weighted by Gasteiger charge is 2.18. The van der Waals surface area contributed by atoms with Crippen LogP contribution in [-0.2, 0) is 10.0 Å². The molecule has 0 saturated heterocycles. The topological polar surface area (TPSA) is 83.5 Å². The zero-order valence-electron chi connectivity index (χ0n) is 12.2. The molecule has 0 aromatic heterocycles. The van der Waals surface area contributed by atoms with Crippen LogP contribution in [0.25, 0.3) is 10.8 Å². The van der Waals surface area contributed by atoms with Crippen LogP contribution >= 0.6 is 15.9 Å². The SMILES string of the molecule is O=C(O)c1ccc(NS(=O)(=O)c2ccc(Br)c3ccccc23)cc1. The minimum absolute atomic E-state index is 0.0899. The van der Waals surface area contributed by atoms with Gasteiger partial charge in [0.2, 0.25) is 0 Å². The van der Waals surface area contributed by atoms with Crippen LogP contribution in [0.3, 0.4) is 0 Å². The van der Waals surface area contributed by atoms with E-state index in [9.17, 15) is 13.2 Å². The normalized spacial score (nSPS) is 11.4. The van der Waals surface area contributed by atoms with Crippen molar-refractivity contribution in [2.75, 3.05) is 4.72 Å². The quantitative estimate of drug-likeness (QED) is 0.684. The van der Waals surface area contributed by atoms with E-state index in [2.05, 4.69) is 20.7 Å². The maximum Gasteiger partial charge on any atom is 0.335 e. The number of carboxylic acids is 1. The third kappa shape index (κ3) is 3.13. The molecule has 7 heteroatoms. The first-order valence-corrected chi connectivity index (χ1v) is 9.19. The smallest absolute Gasteiger partial charge is 0.335 e. The van der Waals surface area contributed by atoms with Crippen LogP contribution in [0.5, 0.6) is 0 Å². The van der Waals surface area contributed by atoms with E-state index in [0.29, 0.717) is 11.1 Å². The summed E-state index contributed by atoms with van der Waals surface area (Å²) in [7, 11) is -3.81. The van der Waals surface area contributed by atoms with Gasteiger partial charge in [0.05, 0.1) is 10.5 Å². The van der Waals surface area contributed by atoms with Gasteiger partial charge in [-0.3, -0.25) is 4.72 Å². The van der Waals surface area contributed by atoms with Crippen LogP contribution in [0.4, 0.5) is 5.69 Å². The van der Waals surface area contributed by atoms with E-state index in [4.69, 9.17) is 5.11 Å². The van der Waals surface area contributed by atoms with E-state index in [1.54, 1.807) is 18.2 Å². The van der Waals surface area contributed by atoms with Crippen LogP contribution in [0.15, 0.2) is 70.0 Å². The second kappa shape index (κ2) is 6.26. The lowest BCUT2D eigenvalue weighted by Crippen LogP contribution is -2.13. The fourth-order valence-corrected chi connectivity index (χ4v) is 4.11. The van der Waals surface area contributed by atoms with Crippen molar-refractivity contribution in [3.63, 3.8) is 0 Å². The first kappa shape index (κ1) is 16.5. The summed E-state index contributed by atoms with van der Waals surface area (Å²) in [5.74, 6) is -1.07. The third-order valence-corrected chi connectivity index (χ3v) is 5.64. The summed E-state index contributed by atoms with van der Waals surface area (Å²) in [6.45, 7) is 0. The predicted molar refractivity (Wildman–Crippen MR) is 95.9 cm³/mol. The van der Waals surface area contributed by atoms with Crippen LogP contribution < -0.4 is 4.72 Å². The molecule has 122 valence electrons. The molecule has 0 spiro atoms. The van der Waals surface area contributed by atoms with Gasteiger partial charge in [-0.1, -0.05) is 40.2 Å². The lowest BCUT2D eigenvalue weighted by molar-refractivity contribution is 0.0697. The molecule has 0 bridgehead atoms. The van der Waals surface area contributed by atoms with Gasteiger partial charge in [0.15, 0.2) is 0 Å². The number of benzene rings is 3. The van der Waals surface area contributed by atoms with Gasteiger partial charge in [-0.2, -0.15) is 0 Å². The van der Waals surface area contributed by atoms with E-state index in [-0.39, 0.29) is 10.5 Å². The Bertz CT molecular complexity index is 1030. The molecule has 0 radical (unpaired) electrons. The molecule has 0 unspecified atom stereocenters. The zero-order valence-corrected chi connectivity index (χ0v) is 14.6. The van der Waals surface area contributed by atoms with Gasteiger partial charge in [-0.15, -0.1) is 0 Å². The maximum atomic E-state index is 12.7. The lowest BCUT2D eigenvalue weighted by atomic mass is 10.1. The molecule has 0 aliphatic rings.